The third-order valence-electron chi connectivity index (χ3n) is 4.23. The van der Waals surface area contributed by atoms with E-state index in [-0.39, 0.29) is 24.4 Å². The summed E-state index contributed by atoms with van der Waals surface area (Å²) in [5.74, 6) is -0.137. The van der Waals surface area contributed by atoms with E-state index < -0.39 is 6.10 Å². The molecular formula is C18H24ClN3O2S. The Balaban J connectivity index is 0.00000225. The van der Waals surface area contributed by atoms with E-state index in [9.17, 15) is 9.90 Å². The number of carbonyl (C=O) groups excluding carboxylic acids is 1. The summed E-state index contributed by atoms with van der Waals surface area (Å²) in [5, 5.41) is 17.9. The summed E-state index contributed by atoms with van der Waals surface area (Å²) >= 11 is 1.42. The molecule has 1 aromatic heterocycles. The third kappa shape index (κ3) is 5.25. The third-order valence-corrected chi connectivity index (χ3v) is 4.98. The van der Waals surface area contributed by atoms with Crippen LogP contribution < -0.4 is 10.6 Å². The van der Waals surface area contributed by atoms with E-state index in [1.165, 1.54) is 29.7 Å². The molecule has 2 heterocycles. The zero-order valence-electron chi connectivity index (χ0n) is 14.2. The first kappa shape index (κ1) is 19.8. The number of carbonyl (C=O) groups is 1. The van der Waals surface area contributed by atoms with E-state index in [4.69, 9.17) is 0 Å². The molecule has 0 bridgehead atoms. The molecule has 1 fully saturated rings. The Morgan fingerprint density at radius 1 is 1.40 bits per heavy atom. The number of aliphatic hydroxyl groups is 1. The molecule has 0 saturated carbocycles. The molecule has 5 nitrogen and oxygen atoms in total. The number of thiazole rings is 1. The van der Waals surface area contributed by atoms with Gasteiger partial charge in [-0.15, -0.1) is 23.7 Å². The number of amides is 1. The summed E-state index contributed by atoms with van der Waals surface area (Å²) < 4.78 is 0. The second-order valence-electron chi connectivity index (χ2n) is 6.18. The highest BCUT2D eigenvalue weighted by Gasteiger charge is 2.28. The van der Waals surface area contributed by atoms with Gasteiger partial charge in [-0.2, -0.15) is 0 Å². The van der Waals surface area contributed by atoms with Crippen LogP contribution in [-0.4, -0.2) is 34.7 Å². The molecule has 3 rings (SSSR count). The molecule has 7 heteroatoms. The van der Waals surface area contributed by atoms with Crippen LogP contribution >= 0.6 is 23.7 Å². The van der Waals surface area contributed by atoms with Crippen molar-refractivity contribution in [2.24, 2.45) is 0 Å². The molecule has 3 N–H and O–H groups in total. The van der Waals surface area contributed by atoms with Crippen LogP contribution in [0.1, 0.15) is 31.7 Å². The van der Waals surface area contributed by atoms with Gasteiger partial charge in [-0.05, 0) is 24.8 Å². The molecule has 1 amide bonds. The minimum atomic E-state index is -0.446. The molecule has 2 atom stereocenters. The summed E-state index contributed by atoms with van der Waals surface area (Å²) in [6.45, 7) is 2.66. The maximum absolute atomic E-state index is 12.1. The average molecular weight is 382 g/mol. The number of β-amino-alcohol motifs (C(OH)–C–C–N with tert-alkyl or cyclic N) is 1. The minimum absolute atomic E-state index is 0. The van der Waals surface area contributed by atoms with Gasteiger partial charge in [-0.3, -0.25) is 4.79 Å². The number of hydrogen-bond acceptors (Lipinski definition) is 5. The predicted molar refractivity (Wildman–Crippen MR) is 104 cm³/mol. The van der Waals surface area contributed by atoms with E-state index >= 15 is 0 Å². The maximum Gasteiger partial charge on any atom is 0.243 e. The van der Waals surface area contributed by atoms with Gasteiger partial charge in [0.05, 0.1) is 17.8 Å². The quantitative estimate of drug-likeness (QED) is 0.718. The summed E-state index contributed by atoms with van der Waals surface area (Å²) in [7, 11) is 0. The fraction of sp³-hybridized carbons (Fsp3) is 0.444. The van der Waals surface area contributed by atoms with Crippen molar-refractivity contribution in [2.75, 3.05) is 11.9 Å². The smallest absolute Gasteiger partial charge is 0.243 e. The second-order valence-corrected chi connectivity index (χ2v) is 7.04. The molecule has 2 unspecified atom stereocenters. The number of anilines is 1. The van der Waals surface area contributed by atoms with Crippen molar-refractivity contribution >= 4 is 34.8 Å². The fourth-order valence-corrected chi connectivity index (χ4v) is 3.52. The zero-order chi connectivity index (χ0) is 16.9. The lowest BCUT2D eigenvalue weighted by atomic mass is 10.1. The number of halogens is 1. The first-order valence-electron chi connectivity index (χ1n) is 8.43. The van der Waals surface area contributed by atoms with Gasteiger partial charge < -0.3 is 15.7 Å². The molecule has 25 heavy (non-hydrogen) atoms. The molecule has 1 aliphatic heterocycles. The maximum atomic E-state index is 12.1. The zero-order valence-corrected chi connectivity index (χ0v) is 15.8. The largest absolute Gasteiger partial charge is 0.392 e. The van der Waals surface area contributed by atoms with Crippen LogP contribution in [0.4, 0.5) is 5.13 Å². The van der Waals surface area contributed by atoms with Crippen LogP contribution in [0.25, 0.3) is 11.3 Å². The SMILES string of the molecule is CCCCc1ccc(-c2csc(NC(=O)C3CC(O)CN3)n2)cc1.Cl. The summed E-state index contributed by atoms with van der Waals surface area (Å²) in [6.07, 6.45) is 3.51. The number of nitrogens with zero attached hydrogens (tertiary/aromatic N) is 1. The molecule has 0 radical (unpaired) electrons. The molecule has 1 aliphatic rings. The molecule has 0 spiro atoms. The number of benzene rings is 1. The average Bonchev–Trinajstić information content (AvgIpc) is 3.22. The Morgan fingerprint density at radius 2 is 2.16 bits per heavy atom. The summed E-state index contributed by atoms with van der Waals surface area (Å²) in [4.78, 5) is 16.6. The normalized spacial score (nSPS) is 19.4. The van der Waals surface area contributed by atoms with Gasteiger partial charge in [0.15, 0.2) is 5.13 Å². The highest BCUT2D eigenvalue weighted by Crippen LogP contribution is 2.25. The van der Waals surface area contributed by atoms with Crippen LogP contribution in [-0.2, 0) is 11.2 Å². The van der Waals surface area contributed by atoms with Crippen molar-refractivity contribution in [2.45, 2.75) is 44.8 Å². The first-order chi connectivity index (χ1) is 11.7. The number of nitrogens with one attached hydrogen (secondary N) is 2. The molecule has 136 valence electrons. The first-order valence-corrected chi connectivity index (χ1v) is 9.31. The number of unbranched alkanes of at least 4 members (excludes halogenated alkanes) is 1. The number of hydrogen-bond donors (Lipinski definition) is 3. The molecule has 0 aliphatic carbocycles. The van der Waals surface area contributed by atoms with Gasteiger partial charge in [-0.1, -0.05) is 37.6 Å². The second kappa shape index (κ2) is 9.29. The van der Waals surface area contributed by atoms with Crippen LogP contribution in [0.3, 0.4) is 0 Å². The van der Waals surface area contributed by atoms with E-state index in [0.717, 1.165) is 17.7 Å². The van der Waals surface area contributed by atoms with Crippen molar-refractivity contribution in [3.63, 3.8) is 0 Å². The lowest BCUT2D eigenvalue weighted by Crippen LogP contribution is -2.35. The van der Waals surface area contributed by atoms with Crippen LogP contribution in [0.15, 0.2) is 29.6 Å². The van der Waals surface area contributed by atoms with Gasteiger partial charge in [0.1, 0.15) is 0 Å². The van der Waals surface area contributed by atoms with E-state index in [0.29, 0.717) is 18.1 Å². The highest BCUT2D eigenvalue weighted by molar-refractivity contribution is 7.14. The molecule has 2 aromatic rings. The van der Waals surface area contributed by atoms with Crippen molar-refractivity contribution in [3.8, 4) is 11.3 Å². The fourth-order valence-electron chi connectivity index (χ4n) is 2.80. The van der Waals surface area contributed by atoms with Gasteiger partial charge >= 0.3 is 0 Å². The number of aryl methyl sites for hydroxylation is 1. The molecule has 1 aromatic carbocycles. The van der Waals surface area contributed by atoms with Gasteiger partial charge in [0, 0.05) is 17.5 Å². The highest BCUT2D eigenvalue weighted by atomic mass is 35.5. The number of rotatable bonds is 6. The topological polar surface area (TPSA) is 74.2 Å². The minimum Gasteiger partial charge on any atom is -0.392 e. The number of aliphatic hydroxyl groups excluding tert-OH is 1. The Labute approximate surface area is 158 Å². The monoisotopic (exact) mass is 381 g/mol. The lowest BCUT2D eigenvalue weighted by Gasteiger charge is -2.08. The Morgan fingerprint density at radius 3 is 2.80 bits per heavy atom. The lowest BCUT2D eigenvalue weighted by molar-refractivity contribution is -0.117. The summed E-state index contributed by atoms with van der Waals surface area (Å²) in [5.41, 5.74) is 3.27. The van der Waals surface area contributed by atoms with Gasteiger partial charge in [0.2, 0.25) is 5.91 Å². The van der Waals surface area contributed by atoms with Crippen molar-refractivity contribution < 1.29 is 9.90 Å². The van der Waals surface area contributed by atoms with Crippen molar-refractivity contribution in [1.29, 1.82) is 0 Å². The van der Waals surface area contributed by atoms with Crippen LogP contribution in [0, 0.1) is 0 Å². The predicted octanol–water partition coefficient (Wildman–Crippen LogP) is 3.24. The van der Waals surface area contributed by atoms with Gasteiger partial charge in [-0.25, -0.2) is 4.98 Å². The van der Waals surface area contributed by atoms with Crippen LogP contribution in [0.2, 0.25) is 0 Å². The van der Waals surface area contributed by atoms with Crippen LogP contribution in [0.5, 0.6) is 0 Å². The molecular weight excluding hydrogens is 358 g/mol. The Kier molecular flexibility index (Phi) is 7.38. The standard InChI is InChI=1S/C18H23N3O2S.ClH/c1-2-3-4-12-5-7-13(8-6-12)16-11-24-18(20-16)21-17(23)15-9-14(22)10-19-15;/h5-8,11,14-15,19,22H,2-4,9-10H2,1H3,(H,20,21,23);1H. The Bertz CT molecular complexity index is 690. The van der Waals surface area contributed by atoms with E-state index in [2.05, 4.69) is 46.8 Å². The Hall–Kier alpha value is -1.47. The van der Waals surface area contributed by atoms with Crippen molar-refractivity contribution in [3.05, 3.63) is 35.2 Å². The van der Waals surface area contributed by atoms with E-state index in [1.54, 1.807) is 0 Å². The van der Waals surface area contributed by atoms with Crippen molar-refractivity contribution in [1.82, 2.24) is 10.3 Å². The van der Waals surface area contributed by atoms with E-state index in [1.807, 2.05) is 5.38 Å². The number of aromatic nitrogens is 1. The van der Waals surface area contributed by atoms with Gasteiger partial charge in [0.25, 0.3) is 0 Å². The summed E-state index contributed by atoms with van der Waals surface area (Å²) in [6, 6.07) is 8.12. The molecule has 1 saturated heterocycles.